The summed E-state index contributed by atoms with van der Waals surface area (Å²) in [6.07, 6.45) is 6.99. The van der Waals surface area contributed by atoms with Gasteiger partial charge in [-0.1, -0.05) is 32.1 Å². The molecular weight excluding hydrogens is 436 g/mol. The van der Waals surface area contributed by atoms with Gasteiger partial charge in [-0.15, -0.1) is 0 Å². The van der Waals surface area contributed by atoms with Crippen molar-refractivity contribution in [3.63, 3.8) is 0 Å². The first-order valence-electron chi connectivity index (χ1n) is 12.5. The van der Waals surface area contributed by atoms with Crippen LogP contribution in [-0.4, -0.2) is 35.4 Å². The van der Waals surface area contributed by atoms with E-state index in [2.05, 4.69) is 20.4 Å². The maximum Gasteiger partial charge on any atom is 0.294 e. The predicted molar refractivity (Wildman–Crippen MR) is 130 cm³/mol. The fraction of sp³-hybridized carbons (Fsp3) is 0.704. The third-order valence-corrected chi connectivity index (χ3v) is 10.4. The van der Waals surface area contributed by atoms with Crippen molar-refractivity contribution in [1.82, 2.24) is 0 Å². The van der Waals surface area contributed by atoms with Gasteiger partial charge in [0.2, 0.25) is 0 Å². The van der Waals surface area contributed by atoms with E-state index in [4.69, 9.17) is 0 Å². The minimum atomic E-state index is -4.20. The van der Waals surface area contributed by atoms with Gasteiger partial charge in [-0.2, -0.15) is 8.42 Å². The quantitative estimate of drug-likeness (QED) is 0.375. The highest BCUT2D eigenvalue weighted by atomic mass is 32.2. The van der Waals surface area contributed by atoms with Gasteiger partial charge in [0.25, 0.3) is 10.1 Å². The van der Waals surface area contributed by atoms with Crippen molar-refractivity contribution >= 4 is 10.1 Å². The highest BCUT2D eigenvalue weighted by Gasteiger charge is 2.60. The first-order chi connectivity index (χ1) is 15.4. The van der Waals surface area contributed by atoms with Crippen LogP contribution in [0.25, 0.3) is 0 Å². The van der Waals surface area contributed by atoms with Gasteiger partial charge in [0.15, 0.2) is 0 Å². The van der Waals surface area contributed by atoms with E-state index in [1.54, 1.807) is 6.07 Å². The summed E-state index contributed by atoms with van der Waals surface area (Å²) in [4.78, 5) is -0.0276. The molecule has 3 N–H and O–H groups in total. The van der Waals surface area contributed by atoms with Gasteiger partial charge in [-0.25, -0.2) is 0 Å². The zero-order chi connectivity index (χ0) is 24.2. The van der Waals surface area contributed by atoms with E-state index in [0.717, 1.165) is 50.5 Å². The Hall–Kier alpha value is -1.21. The zero-order valence-corrected chi connectivity index (χ0v) is 21.1. The number of rotatable bonds is 7. The molecule has 0 radical (unpaired) electrons. The van der Waals surface area contributed by atoms with Crippen molar-refractivity contribution < 1.29 is 23.2 Å². The molecule has 6 atom stereocenters. The highest BCUT2D eigenvalue weighted by Crippen LogP contribution is 2.65. The molecule has 0 spiro atoms. The molecule has 0 heterocycles. The highest BCUT2D eigenvalue weighted by molar-refractivity contribution is 7.85. The molecule has 4 rings (SSSR count). The van der Waals surface area contributed by atoms with Crippen molar-refractivity contribution in [3.05, 3.63) is 41.5 Å². The Bertz CT molecular complexity index is 1010. The van der Waals surface area contributed by atoms with Crippen molar-refractivity contribution in [2.24, 2.45) is 29.1 Å². The maximum absolute atomic E-state index is 11.6. The van der Waals surface area contributed by atoms with Crippen LogP contribution in [0.1, 0.15) is 82.8 Å². The van der Waals surface area contributed by atoms with Gasteiger partial charge in [0, 0.05) is 12.0 Å². The molecule has 3 aliphatic carbocycles. The fourth-order valence-electron chi connectivity index (χ4n) is 7.64. The summed E-state index contributed by atoms with van der Waals surface area (Å²) in [6, 6.07) is 5.05. The van der Waals surface area contributed by atoms with Gasteiger partial charge in [0.05, 0.1) is 10.5 Å². The summed E-state index contributed by atoms with van der Waals surface area (Å²) in [5, 5.41) is 22.3. The van der Waals surface area contributed by atoms with E-state index < -0.39 is 15.7 Å². The maximum atomic E-state index is 11.6. The van der Waals surface area contributed by atoms with E-state index in [0.29, 0.717) is 30.1 Å². The molecule has 0 aromatic heterocycles. The van der Waals surface area contributed by atoms with Crippen LogP contribution in [0.4, 0.5) is 0 Å². The average Bonchev–Trinajstić information content (AvgIpc) is 3.17. The van der Waals surface area contributed by atoms with Crippen molar-refractivity contribution in [2.45, 2.75) is 88.6 Å². The van der Waals surface area contributed by atoms with Crippen LogP contribution in [0.15, 0.2) is 35.2 Å². The summed E-state index contributed by atoms with van der Waals surface area (Å²) < 4.78 is 32.6. The minimum Gasteiger partial charge on any atom is -0.396 e. The number of aryl methyl sites for hydroxylation is 1. The second-order valence-corrected chi connectivity index (χ2v) is 12.9. The normalized spacial score (nSPS) is 33.2. The van der Waals surface area contributed by atoms with E-state index in [1.807, 2.05) is 13.0 Å². The largest absolute Gasteiger partial charge is 0.396 e. The number of aliphatic hydroxyl groups excluding tert-OH is 1. The lowest BCUT2D eigenvalue weighted by Gasteiger charge is -2.54. The molecule has 1 aromatic carbocycles. The Morgan fingerprint density at radius 3 is 2.61 bits per heavy atom. The Kier molecular flexibility index (Phi) is 6.62. The third kappa shape index (κ3) is 4.33. The van der Waals surface area contributed by atoms with Gasteiger partial charge < -0.3 is 10.2 Å². The molecule has 0 unspecified atom stereocenters. The van der Waals surface area contributed by atoms with Crippen LogP contribution < -0.4 is 0 Å². The number of hydrogen-bond donors (Lipinski definition) is 3. The monoisotopic (exact) mass is 476 g/mol. The molecule has 1 aromatic rings. The molecule has 0 amide bonds. The number of aliphatic hydroxyl groups is 2. The first-order valence-corrected chi connectivity index (χ1v) is 14.0. The van der Waals surface area contributed by atoms with Crippen LogP contribution in [-0.2, 0) is 16.5 Å². The number of hydrogen-bond acceptors (Lipinski definition) is 4. The summed E-state index contributed by atoms with van der Waals surface area (Å²) in [6.45, 7) is 10.5. The standard InChI is InChI=1S/C27H40O5S/c1-17(2)18(3)11-13-26(4,29)25-10-9-24-23-7-5-19-15-20(33(30,31)32)6-8-21(19)22(23)12-14-27(24,25)16-28/h6,8,15,17,22-25,28-29H,3,5,7,9-14,16H2,1-2,4H3,(H,30,31,32)/t22-,23-,24+,25-,26+,27-/m1/s1. The van der Waals surface area contributed by atoms with Gasteiger partial charge in [-0.3, -0.25) is 4.55 Å². The third-order valence-electron chi connectivity index (χ3n) is 9.53. The zero-order valence-electron chi connectivity index (χ0n) is 20.3. The Labute approximate surface area is 199 Å². The number of fused-ring (bicyclic) bond motifs is 5. The Morgan fingerprint density at radius 2 is 1.97 bits per heavy atom. The summed E-state index contributed by atoms with van der Waals surface area (Å²) >= 11 is 0. The molecule has 0 saturated heterocycles. The van der Waals surface area contributed by atoms with Crippen LogP contribution >= 0.6 is 0 Å². The molecule has 3 aliphatic rings. The first kappa shape index (κ1) is 24.9. The minimum absolute atomic E-state index is 0.0276. The van der Waals surface area contributed by atoms with Crippen molar-refractivity contribution in [3.8, 4) is 0 Å². The summed E-state index contributed by atoms with van der Waals surface area (Å²) in [5.74, 6) is 1.62. The lowest BCUT2D eigenvalue weighted by Crippen LogP contribution is -2.52. The smallest absolute Gasteiger partial charge is 0.294 e. The Balaban J connectivity index is 1.58. The lowest BCUT2D eigenvalue weighted by molar-refractivity contribution is -0.113. The average molecular weight is 477 g/mol. The predicted octanol–water partition coefficient (Wildman–Crippen LogP) is 5.12. The molecule has 184 valence electrons. The molecular formula is C27H40O5S. The lowest BCUT2D eigenvalue weighted by atomic mass is 9.52. The number of allylic oxidation sites excluding steroid dienone is 1. The molecule has 0 aliphatic heterocycles. The van der Waals surface area contributed by atoms with Crippen LogP contribution in [0, 0.1) is 29.1 Å². The molecule has 0 bridgehead atoms. The fourth-order valence-corrected chi connectivity index (χ4v) is 8.17. The van der Waals surface area contributed by atoms with E-state index >= 15 is 0 Å². The van der Waals surface area contributed by atoms with Gasteiger partial charge >= 0.3 is 0 Å². The topological polar surface area (TPSA) is 94.8 Å². The van der Waals surface area contributed by atoms with Gasteiger partial charge in [-0.05, 0) is 111 Å². The van der Waals surface area contributed by atoms with Crippen LogP contribution in [0.3, 0.4) is 0 Å². The van der Waals surface area contributed by atoms with Crippen molar-refractivity contribution in [2.75, 3.05) is 6.61 Å². The van der Waals surface area contributed by atoms with E-state index in [9.17, 15) is 23.2 Å². The van der Waals surface area contributed by atoms with Crippen LogP contribution in [0.5, 0.6) is 0 Å². The van der Waals surface area contributed by atoms with Crippen LogP contribution in [0.2, 0.25) is 0 Å². The second kappa shape index (κ2) is 8.78. The molecule has 5 nitrogen and oxygen atoms in total. The number of benzene rings is 1. The molecule has 2 saturated carbocycles. The van der Waals surface area contributed by atoms with Gasteiger partial charge in [0.1, 0.15) is 0 Å². The SMILES string of the molecule is C=C(CC[C@](C)(O)[C@H]1CC[C@H]2[C@@H]3CCc4cc(S(=O)(=O)O)ccc4[C@H]3CC[C@@]21CO)C(C)C. The molecule has 2 fully saturated rings. The summed E-state index contributed by atoms with van der Waals surface area (Å²) in [5.41, 5.74) is 2.31. The molecule has 6 heteroatoms. The Morgan fingerprint density at radius 1 is 1.24 bits per heavy atom. The van der Waals surface area contributed by atoms with Crippen molar-refractivity contribution in [1.29, 1.82) is 0 Å². The van der Waals surface area contributed by atoms with E-state index in [-0.39, 0.29) is 22.8 Å². The molecule has 33 heavy (non-hydrogen) atoms. The summed E-state index contributed by atoms with van der Waals surface area (Å²) in [7, 11) is -4.20. The second-order valence-electron chi connectivity index (χ2n) is 11.5. The van der Waals surface area contributed by atoms with E-state index in [1.165, 1.54) is 17.2 Å².